The van der Waals surface area contributed by atoms with Gasteiger partial charge in [0, 0.05) is 38.8 Å². The van der Waals surface area contributed by atoms with Crippen LogP contribution in [-0.2, 0) is 0 Å². The molecule has 1 aromatic rings. The molecule has 1 N–H and O–H groups in total. The summed E-state index contributed by atoms with van der Waals surface area (Å²) in [6.45, 7) is 11.3. The number of hydrogen-bond donors (Lipinski definition) is 1. The predicted molar refractivity (Wildman–Crippen MR) is 90.8 cm³/mol. The molecule has 0 aliphatic carbocycles. The number of nitrogens with zero attached hydrogens (tertiary/aromatic N) is 2. The first kappa shape index (κ1) is 16.5. The summed E-state index contributed by atoms with van der Waals surface area (Å²) in [5.74, 6) is 0. The Labute approximate surface area is 130 Å². The molecule has 2 rings (SSSR count). The number of nitrogens with one attached hydrogen (secondary N) is 1. The van der Waals surface area contributed by atoms with Crippen molar-refractivity contribution in [1.82, 2.24) is 15.1 Å². The van der Waals surface area contributed by atoms with Crippen LogP contribution in [0.25, 0.3) is 0 Å². The van der Waals surface area contributed by atoms with Gasteiger partial charge in [-0.1, -0.05) is 43.2 Å². The Kier molecular flexibility index (Phi) is 6.68. The zero-order valence-electron chi connectivity index (χ0n) is 13.9. The first-order chi connectivity index (χ1) is 10.2. The highest BCUT2D eigenvalue weighted by atomic mass is 15.2. The Bertz CT molecular complexity index is 395. The normalized spacial score (nSPS) is 18.1. The van der Waals surface area contributed by atoms with Gasteiger partial charge in [0.15, 0.2) is 0 Å². The fourth-order valence-electron chi connectivity index (χ4n) is 2.99. The van der Waals surface area contributed by atoms with Crippen LogP contribution >= 0.6 is 0 Å². The average molecular weight is 289 g/mol. The predicted octanol–water partition coefficient (Wildman–Crippen LogP) is 2.67. The quantitative estimate of drug-likeness (QED) is 0.832. The van der Waals surface area contributed by atoms with Crippen LogP contribution in [0.15, 0.2) is 24.3 Å². The Morgan fingerprint density at radius 1 is 1.19 bits per heavy atom. The third kappa shape index (κ3) is 5.10. The Morgan fingerprint density at radius 2 is 1.86 bits per heavy atom. The van der Waals surface area contributed by atoms with Crippen molar-refractivity contribution >= 4 is 0 Å². The Morgan fingerprint density at radius 3 is 2.48 bits per heavy atom. The van der Waals surface area contributed by atoms with E-state index in [1.165, 1.54) is 43.6 Å². The lowest BCUT2D eigenvalue weighted by Gasteiger charge is -2.35. The van der Waals surface area contributed by atoms with Crippen molar-refractivity contribution in [2.45, 2.75) is 32.7 Å². The summed E-state index contributed by atoms with van der Waals surface area (Å²) in [7, 11) is 2.28. The molecule has 3 heteroatoms. The fourth-order valence-corrected chi connectivity index (χ4v) is 2.99. The first-order valence-electron chi connectivity index (χ1n) is 8.40. The summed E-state index contributed by atoms with van der Waals surface area (Å²) >= 11 is 0. The molecule has 3 nitrogen and oxygen atoms in total. The van der Waals surface area contributed by atoms with Crippen molar-refractivity contribution in [2.24, 2.45) is 0 Å². The minimum atomic E-state index is 0.509. The maximum absolute atomic E-state index is 3.44. The van der Waals surface area contributed by atoms with Gasteiger partial charge in [0.05, 0.1) is 0 Å². The van der Waals surface area contributed by atoms with E-state index in [9.17, 15) is 0 Å². The molecule has 0 radical (unpaired) electrons. The zero-order valence-corrected chi connectivity index (χ0v) is 13.9. The van der Waals surface area contributed by atoms with E-state index in [1.807, 2.05) is 0 Å². The second-order valence-corrected chi connectivity index (χ2v) is 6.31. The summed E-state index contributed by atoms with van der Waals surface area (Å²) in [6, 6.07) is 9.62. The van der Waals surface area contributed by atoms with E-state index in [0.29, 0.717) is 6.04 Å². The number of hydrogen-bond acceptors (Lipinski definition) is 3. The minimum absolute atomic E-state index is 0.509. The number of piperazine rings is 1. The largest absolute Gasteiger partial charge is 0.314 e. The van der Waals surface area contributed by atoms with Crippen LogP contribution in [0.5, 0.6) is 0 Å². The maximum Gasteiger partial charge on any atom is 0.0472 e. The molecule has 0 saturated carbocycles. The minimum Gasteiger partial charge on any atom is -0.314 e. The molecule has 1 heterocycles. The van der Waals surface area contributed by atoms with E-state index in [1.54, 1.807) is 0 Å². The topological polar surface area (TPSA) is 18.5 Å². The Balaban J connectivity index is 2.06. The smallest absolute Gasteiger partial charge is 0.0472 e. The molecule has 1 aliphatic heterocycles. The molecule has 0 amide bonds. The van der Waals surface area contributed by atoms with Crippen molar-refractivity contribution in [2.75, 3.05) is 46.3 Å². The van der Waals surface area contributed by atoms with Gasteiger partial charge < -0.3 is 5.32 Å². The average Bonchev–Trinajstić information content (AvgIpc) is 2.52. The molecule has 1 atom stereocenters. The molecular weight excluding hydrogens is 258 g/mol. The van der Waals surface area contributed by atoms with Gasteiger partial charge >= 0.3 is 0 Å². The molecule has 21 heavy (non-hydrogen) atoms. The van der Waals surface area contributed by atoms with Crippen LogP contribution in [0.4, 0.5) is 0 Å². The number of benzene rings is 1. The first-order valence-corrected chi connectivity index (χ1v) is 8.40. The van der Waals surface area contributed by atoms with Crippen LogP contribution in [0, 0.1) is 6.92 Å². The second kappa shape index (κ2) is 8.52. The third-order valence-electron chi connectivity index (χ3n) is 4.50. The molecule has 1 aliphatic rings. The number of likely N-dealkylation sites (N-methyl/N-ethyl adjacent to an activating group) is 1. The lowest BCUT2D eigenvalue weighted by atomic mass is 10.0. The van der Waals surface area contributed by atoms with Gasteiger partial charge in [-0.3, -0.25) is 9.80 Å². The molecule has 118 valence electrons. The van der Waals surface area contributed by atoms with Crippen molar-refractivity contribution in [3.63, 3.8) is 0 Å². The number of unbranched alkanes of at least 4 members (excludes halogenated alkanes) is 1. The SMILES string of the molecule is CCCCN(C)C(CN1CCNCC1)c1ccc(C)cc1. The van der Waals surface area contributed by atoms with Gasteiger partial charge in [-0.15, -0.1) is 0 Å². The third-order valence-corrected chi connectivity index (χ3v) is 4.50. The zero-order chi connectivity index (χ0) is 15.1. The van der Waals surface area contributed by atoms with E-state index in [2.05, 4.69) is 60.3 Å². The summed E-state index contributed by atoms with van der Waals surface area (Å²) in [5, 5.41) is 3.44. The van der Waals surface area contributed by atoms with Gasteiger partial charge in [-0.2, -0.15) is 0 Å². The molecule has 0 aromatic heterocycles. The van der Waals surface area contributed by atoms with Crippen LogP contribution in [0.3, 0.4) is 0 Å². The lowest BCUT2D eigenvalue weighted by molar-refractivity contribution is 0.149. The highest BCUT2D eigenvalue weighted by molar-refractivity contribution is 5.24. The number of aryl methyl sites for hydroxylation is 1. The lowest BCUT2D eigenvalue weighted by Crippen LogP contribution is -2.47. The van der Waals surface area contributed by atoms with Crippen molar-refractivity contribution in [3.8, 4) is 0 Å². The van der Waals surface area contributed by atoms with Gasteiger partial charge in [-0.25, -0.2) is 0 Å². The fraction of sp³-hybridized carbons (Fsp3) is 0.667. The van der Waals surface area contributed by atoms with Crippen LogP contribution in [0.1, 0.15) is 36.9 Å². The summed E-state index contributed by atoms with van der Waals surface area (Å²) in [6.07, 6.45) is 2.54. The van der Waals surface area contributed by atoms with Crippen molar-refractivity contribution < 1.29 is 0 Å². The summed E-state index contributed by atoms with van der Waals surface area (Å²) in [5.41, 5.74) is 2.80. The molecule has 0 spiro atoms. The molecule has 1 unspecified atom stereocenters. The van der Waals surface area contributed by atoms with E-state index in [0.717, 1.165) is 19.6 Å². The van der Waals surface area contributed by atoms with Gasteiger partial charge in [0.2, 0.25) is 0 Å². The van der Waals surface area contributed by atoms with E-state index < -0.39 is 0 Å². The van der Waals surface area contributed by atoms with Gasteiger partial charge in [-0.05, 0) is 32.5 Å². The van der Waals surface area contributed by atoms with Crippen LogP contribution in [-0.4, -0.2) is 56.1 Å². The molecule has 1 aromatic carbocycles. The highest BCUT2D eigenvalue weighted by Crippen LogP contribution is 2.22. The highest BCUT2D eigenvalue weighted by Gasteiger charge is 2.21. The second-order valence-electron chi connectivity index (χ2n) is 6.31. The summed E-state index contributed by atoms with van der Waals surface area (Å²) < 4.78 is 0. The van der Waals surface area contributed by atoms with Crippen molar-refractivity contribution in [1.29, 1.82) is 0 Å². The van der Waals surface area contributed by atoms with Crippen molar-refractivity contribution in [3.05, 3.63) is 35.4 Å². The van der Waals surface area contributed by atoms with Crippen LogP contribution < -0.4 is 5.32 Å². The van der Waals surface area contributed by atoms with Gasteiger partial charge in [0.1, 0.15) is 0 Å². The molecule has 1 fully saturated rings. The molecule has 0 bridgehead atoms. The monoisotopic (exact) mass is 289 g/mol. The standard InChI is InChI=1S/C18H31N3/c1-4-5-12-20(3)18(15-21-13-10-19-11-14-21)17-8-6-16(2)7-9-17/h6-9,18-19H,4-5,10-15H2,1-3H3. The maximum atomic E-state index is 3.44. The molecular formula is C18H31N3. The number of rotatable bonds is 7. The van der Waals surface area contributed by atoms with E-state index in [4.69, 9.17) is 0 Å². The van der Waals surface area contributed by atoms with E-state index >= 15 is 0 Å². The van der Waals surface area contributed by atoms with E-state index in [-0.39, 0.29) is 0 Å². The van der Waals surface area contributed by atoms with Gasteiger partial charge in [0.25, 0.3) is 0 Å². The molecule has 1 saturated heterocycles. The summed E-state index contributed by atoms with van der Waals surface area (Å²) in [4.78, 5) is 5.14. The Hall–Kier alpha value is -0.900. The van der Waals surface area contributed by atoms with Crippen LogP contribution in [0.2, 0.25) is 0 Å².